The lowest BCUT2D eigenvalue weighted by Crippen LogP contribution is -2.56. The van der Waals surface area contributed by atoms with Crippen molar-refractivity contribution in [2.24, 2.45) is 17.6 Å². The van der Waals surface area contributed by atoms with E-state index in [0.717, 1.165) is 16.9 Å². The quantitative estimate of drug-likeness (QED) is 0.00970. The van der Waals surface area contributed by atoms with Crippen molar-refractivity contribution in [1.82, 2.24) is 32.1 Å². The average Bonchev–Trinajstić information content (AvgIpc) is 3.83. The number of carbonyl (C=O) groups excluding carboxylic acids is 8. The van der Waals surface area contributed by atoms with Gasteiger partial charge in [-0.1, -0.05) is 72.6 Å². The first-order valence-electron chi connectivity index (χ1n) is 27.6. The summed E-state index contributed by atoms with van der Waals surface area (Å²) in [4.78, 5) is 114. The van der Waals surface area contributed by atoms with Gasteiger partial charge in [0, 0.05) is 51.0 Å². The number of nitrogens with zero attached hydrogens (tertiary/aromatic N) is 1. The van der Waals surface area contributed by atoms with E-state index in [0.29, 0.717) is 38.0 Å². The zero-order chi connectivity index (χ0) is 60.4. The molecule has 3 fully saturated rings. The Morgan fingerprint density at radius 3 is 2.24 bits per heavy atom. The summed E-state index contributed by atoms with van der Waals surface area (Å²) < 4.78 is 39.7. The SMILES string of the molecule is CC(=O)O[C@@H](C)/C=C\C(=O)N[C@@H]1C[C@H](C)[C@H](C/C=C(C)/C=C/[C@@H]2C[C@]3(CO3)C[C@@H](CC(=O)NNC(=O)OCc3ccc(N(C(=O)[C@@H](NC(=O)CCOCCOCCNC(=O)CBr)C(C)C)[C@@H](CCCNC(N)=O)C(=O)O)cc3)O2)O[C@@H]1C. The number of rotatable bonds is 32. The molecule has 456 valence electrons. The minimum absolute atomic E-state index is 0.0108. The molecule has 0 aromatic heterocycles. The van der Waals surface area contributed by atoms with Crippen LogP contribution in [0.25, 0.3) is 0 Å². The Kier molecular flexibility index (Phi) is 28.9. The van der Waals surface area contributed by atoms with E-state index in [1.54, 1.807) is 20.8 Å². The number of anilines is 1. The predicted octanol–water partition coefficient (Wildman–Crippen LogP) is 3.66. The van der Waals surface area contributed by atoms with E-state index in [2.05, 4.69) is 61.0 Å². The third-order valence-corrected chi connectivity index (χ3v) is 14.1. The zero-order valence-corrected chi connectivity index (χ0v) is 49.5. The van der Waals surface area contributed by atoms with E-state index in [1.165, 1.54) is 43.3 Å². The van der Waals surface area contributed by atoms with Gasteiger partial charge in [0.15, 0.2) is 0 Å². The molecule has 0 radical (unpaired) electrons. The Morgan fingerprint density at radius 1 is 0.890 bits per heavy atom. The Labute approximate surface area is 487 Å². The van der Waals surface area contributed by atoms with E-state index in [9.17, 15) is 48.3 Å². The second kappa shape index (κ2) is 34.9. The molecule has 1 aromatic carbocycles. The van der Waals surface area contributed by atoms with Crippen molar-refractivity contribution in [1.29, 1.82) is 0 Å². The highest BCUT2D eigenvalue weighted by Gasteiger charge is 2.51. The highest BCUT2D eigenvalue weighted by molar-refractivity contribution is 9.09. The summed E-state index contributed by atoms with van der Waals surface area (Å²) in [6.45, 7) is 13.7. The highest BCUT2D eigenvalue weighted by atomic mass is 79.9. The highest BCUT2D eigenvalue weighted by Crippen LogP contribution is 2.43. The lowest BCUT2D eigenvalue weighted by Gasteiger charge is -2.39. The van der Waals surface area contributed by atoms with Gasteiger partial charge in [-0.05, 0) is 82.1 Å². The maximum absolute atomic E-state index is 14.4. The number of carboxylic acid groups (broad SMARTS) is 1. The van der Waals surface area contributed by atoms with E-state index in [1.807, 2.05) is 26.0 Å². The van der Waals surface area contributed by atoms with Crippen molar-refractivity contribution >= 4 is 75.2 Å². The number of hydrogen-bond donors (Lipinski definition) is 8. The third-order valence-electron chi connectivity index (χ3n) is 13.6. The summed E-state index contributed by atoms with van der Waals surface area (Å²) in [5.41, 5.74) is 11.0. The smallest absolute Gasteiger partial charge is 0.426 e. The van der Waals surface area contributed by atoms with Crippen molar-refractivity contribution < 1.29 is 81.4 Å². The molecule has 1 aromatic rings. The number of primary amides is 1. The molecular weight excluding hydrogens is 1140 g/mol. The fraction of sp³-hybridized carbons (Fsp3) is 0.625. The maximum Gasteiger partial charge on any atom is 0.426 e. The van der Waals surface area contributed by atoms with Gasteiger partial charge in [0.25, 0.3) is 5.91 Å². The number of carbonyl (C=O) groups is 9. The van der Waals surface area contributed by atoms with Crippen molar-refractivity contribution in [2.75, 3.05) is 56.4 Å². The van der Waals surface area contributed by atoms with Gasteiger partial charge in [0.1, 0.15) is 24.8 Å². The van der Waals surface area contributed by atoms with Gasteiger partial charge >= 0.3 is 24.1 Å². The number of nitrogens with one attached hydrogen (secondary N) is 6. The van der Waals surface area contributed by atoms with Gasteiger partial charge in [-0.15, -0.1) is 0 Å². The molecule has 3 aliphatic rings. The fourth-order valence-corrected chi connectivity index (χ4v) is 9.43. The van der Waals surface area contributed by atoms with Crippen LogP contribution >= 0.6 is 15.9 Å². The number of esters is 1. The summed E-state index contributed by atoms with van der Waals surface area (Å²) >= 11 is 3.06. The molecule has 0 aliphatic carbocycles. The number of hydrogen-bond acceptors (Lipinski definition) is 16. The number of amides is 8. The van der Waals surface area contributed by atoms with Gasteiger partial charge in [0.05, 0.1) is 80.8 Å². The summed E-state index contributed by atoms with van der Waals surface area (Å²) in [5, 5.41) is 21.4. The zero-order valence-electron chi connectivity index (χ0n) is 47.9. The molecule has 3 saturated heterocycles. The van der Waals surface area contributed by atoms with Crippen molar-refractivity contribution in [3.05, 3.63) is 65.8 Å². The van der Waals surface area contributed by atoms with Crippen molar-refractivity contribution in [3.8, 4) is 0 Å². The molecular formula is C56H83BrN8O17. The van der Waals surface area contributed by atoms with Crippen LogP contribution in [0.4, 0.5) is 15.3 Å². The number of aliphatic carboxylic acids is 1. The standard InChI is InChI=1S/C56H83BrN8O17/c1-34(2)51(62-48(68)20-23-76-25-26-77-24-22-59-50(70)31-57)52(71)65(45(53(72)73)9-8-21-60-54(58)74)41-15-13-40(14-16-41)32-78-55(75)64-63-49(69)28-43-30-56(33-79-56)29-42(82-43)17-10-35(3)11-18-46-36(4)27-44(38(6)81-46)61-47(67)19-12-37(5)80-39(7)66/h10-17,19,34,36-38,42-46,51H,8-9,18,20-33H2,1-7H3,(H,59,70)(H,61,67)(H,62,68)(H,63,69)(H,64,75)(H,72,73)(H3,58,60,74)/b17-10+,19-12-,35-11+/t36-,37-,38+,42+,43+,44+,45-,46-,51-,56+/m0/s1. The van der Waals surface area contributed by atoms with Gasteiger partial charge in [-0.3, -0.25) is 39.1 Å². The van der Waals surface area contributed by atoms with Gasteiger partial charge in [-0.25, -0.2) is 19.8 Å². The first kappa shape index (κ1) is 68.1. The number of epoxide rings is 1. The van der Waals surface area contributed by atoms with Gasteiger partial charge in [0.2, 0.25) is 23.6 Å². The molecule has 82 heavy (non-hydrogen) atoms. The third kappa shape index (κ3) is 25.0. The summed E-state index contributed by atoms with van der Waals surface area (Å²) in [7, 11) is 0. The number of carboxylic acids is 1. The largest absolute Gasteiger partial charge is 0.480 e. The maximum atomic E-state index is 14.4. The first-order valence-corrected chi connectivity index (χ1v) is 28.7. The average molecular weight is 1220 g/mol. The second-order valence-electron chi connectivity index (χ2n) is 21.0. The summed E-state index contributed by atoms with van der Waals surface area (Å²) in [6, 6.07) is 2.44. The number of urea groups is 1. The van der Waals surface area contributed by atoms with E-state index in [4.69, 9.17) is 38.9 Å². The van der Waals surface area contributed by atoms with E-state index < -0.39 is 77.6 Å². The number of allylic oxidation sites excluding steroid dienone is 2. The normalized spacial score (nSPS) is 22.6. The Balaban J connectivity index is 1.27. The van der Waals surface area contributed by atoms with Crippen LogP contribution in [0.1, 0.15) is 105 Å². The Morgan fingerprint density at radius 2 is 1.60 bits per heavy atom. The Hall–Kier alpha value is -6.45. The number of ether oxygens (including phenoxy) is 7. The fourth-order valence-electron chi connectivity index (χ4n) is 9.23. The minimum Gasteiger partial charge on any atom is -0.480 e. The molecule has 25 nitrogen and oxygen atoms in total. The first-order chi connectivity index (χ1) is 39.0. The van der Waals surface area contributed by atoms with Crippen LogP contribution in [0.3, 0.4) is 0 Å². The number of nitrogens with two attached hydrogens (primary N) is 1. The minimum atomic E-state index is -1.44. The molecule has 0 bridgehead atoms. The molecule has 3 aliphatic heterocycles. The van der Waals surface area contributed by atoms with Crippen LogP contribution in [0.2, 0.25) is 0 Å². The van der Waals surface area contributed by atoms with Gasteiger partial charge in [-0.2, -0.15) is 0 Å². The molecule has 0 unspecified atom stereocenters. The molecule has 4 rings (SSSR count). The number of hydrazine groups is 1. The number of alkyl halides is 1. The van der Waals surface area contributed by atoms with Crippen LogP contribution in [0.15, 0.2) is 60.2 Å². The van der Waals surface area contributed by atoms with Crippen LogP contribution in [-0.4, -0.2) is 164 Å². The Bertz CT molecular complexity index is 2400. The lowest BCUT2D eigenvalue weighted by atomic mass is 9.88. The van der Waals surface area contributed by atoms with Crippen molar-refractivity contribution in [2.45, 2.75) is 161 Å². The molecule has 26 heteroatoms. The van der Waals surface area contributed by atoms with Crippen LogP contribution in [0, 0.1) is 11.8 Å². The van der Waals surface area contributed by atoms with E-state index >= 15 is 0 Å². The van der Waals surface area contributed by atoms with Crippen molar-refractivity contribution in [3.63, 3.8) is 0 Å². The topological polar surface area (TPSA) is 343 Å². The molecule has 9 N–H and O–H groups in total. The second-order valence-corrected chi connectivity index (χ2v) is 21.5. The molecule has 8 amide bonds. The van der Waals surface area contributed by atoms with Gasteiger partial charge < -0.3 is 65.3 Å². The molecule has 10 atom stereocenters. The predicted molar refractivity (Wildman–Crippen MR) is 303 cm³/mol. The van der Waals surface area contributed by atoms with E-state index in [-0.39, 0.29) is 118 Å². The summed E-state index contributed by atoms with van der Waals surface area (Å²) in [6.07, 6.45) is 8.66. The molecule has 3 heterocycles. The van der Waals surface area contributed by atoms with Crippen LogP contribution in [-0.2, 0) is 73.3 Å². The molecule has 1 spiro atoms. The monoisotopic (exact) mass is 1220 g/mol. The number of halogens is 1. The molecule has 0 saturated carbocycles. The van der Waals surface area contributed by atoms with Crippen LogP contribution in [0.5, 0.6) is 0 Å². The number of benzene rings is 1. The van der Waals surface area contributed by atoms with Crippen LogP contribution < -0.4 is 42.8 Å². The lowest BCUT2D eigenvalue weighted by molar-refractivity contribution is -0.143. The summed E-state index contributed by atoms with van der Waals surface area (Å²) in [5.74, 6) is -4.29.